The molecule has 0 bridgehead atoms. The molecule has 0 saturated carbocycles. The molecular weight excluding hydrogens is 434 g/mol. The first kappa shape index (κ1) is 21.6. The summed E-state index contributed by atoms with van der Waals surface area (Å²) in [7, 11) is 1.60. The number of para-hydroxylation sites is 1. The molecule has 0 atom stereocenters. The number of hydrogen-bond acceptors (Lipinski definition) is 6. The summed E-state index contributed by atoms with van der Waals surface area (Å²) in [6.45, 7) is 7.23. The Morgan fingerprint density at radius 3 is 2.65 bits per heavy atom. The van der Waals surface area contributed by atoms with Gasteiger partial charge in [0.05, 0.1) is 16.8 Å². The fourth-order valence-electron chi connectivity index (χ4n) is 3.51. The van der Waals surface area contributed by atoms with Crippen LogP contribution in [0.4, 0.5) is 5.13 Å². The van der Waals surface area contributed by atoms with Crippen LogP contribution in [0.15, 0.2) is 46.9 Å². The van der Waals surface area contributed by atoms with Gasteiger partial charge in [0.1, 0.15) is 16.8 Å². The Hall–Kier alpha value is -2.61. The summed E-state index contributed by atoms with van der Waals surface area (Å²) in [5.41, 5.74) is 1.34. The Balaban J connectivity index is 1.76. The van der Waals surface area contributed by atoms with Crippen molar-refractivity contribution in [2.24, 2.45) is 0 Å². The number of fused-ring (bicyclic) bond motifs is 2. The van der Waals surface area contributed by atoms with E-state index in [9.17, 15) is 4.79 Å². The maximum atomic E-state index is 13.5. The molecule has 0 fully saturated rings. The van der Waals surface area contributed by atoms with Crippen molar-refractivity contribution >= 4 is 55.2 Å². The number of rotatable bonds is 8. The number of amides is 1. The van der Waals surface area contributed by atoms with E-state index in [1.54, 1.807) is 30.2 Å². The molecule has 4 aromatic rings. The standard InChI is InChI=1S/C23H24ClN3O3S/c1-4-26(5-2)12-13-27(22(28)19-14-15-8-6-7-9-17(15)30-19)23-25-20-18(29-3)11-10-16(24)21(20)31-23/h6-11,14H,4-5,12-13H2,1-3H3. The summed E-state index contributed by atoms with van der Waals surface area (Å²) in [6.07, 6.45) is 0. The Bertz CT molecular complexity index is 1180. The van der Waals surface area contributed by atoms with Gasteiger partial charge in [-0.1, -0.05) is 55.0 Å². The van der Waals surface area contributed by atoms with Crippen molar-refractivity contribution in [2.45, 2.75) is 13.8 Å². The number of benzene rings is 2. The molecule has 0 N–H and O–H groups in total. The Kier molecular flexibility index (Phi) is 6.46. The van der Waals surface area contributed by atoms with E-state index in [-0.39, 0.29) is 11.7 Å². The number of ether oxygens (including phenoxy) is 1. The second kappa shape index (κ2) is 9.26. The van der Waals surface area contributed by atoms with E-state index < -0.39 is 0 Å². The fraction of sp³-hybridized carbons (Fsp3) is 0.304. The van der Waals surface area contributed by atoms with Crippen molar-refractivity contribution in [3.05, 3.63) is 53.2 Å². The molecule has 0 aliphatic rings. The molecular formula is C23H24ClN3O3S. The second-order valence-electron chi connectivity index (χ2n) is 7.06. The van der Waals surface area contributed by atoms with Crippen molar-refractivity contribution in [1.82, 2.24) is 9.88 Å². The number of carbonyl (C=O) groups is 1. The van der Waals surface area contributed by atoms with E-state index in [0.717, 1.165) is 29.7 Å². The number of anilines is 1. The average molecular weight is 458 g/mol. The van der Waals surface area contributed by atoms with Crippen LogP contribution < -0.4 is 9.64 Å². The number of nitrogens with zero attached hydrogens (tertiary/aromatic N) is 3. The molecule has 0 aliphatic carbocycles. The summed E-state index contributed by atoms with van der Waals surface area (Å²) >= 11 is 7.79. The first-order valence-corrected chi connectivity index (χ1v) is 11.4. The van der Waals surface area contributed by atoms with Crippen molar-refractivity contribution < 1.29 is 13.9 Å². The van der Waals surface area contributed by atoms with Gasteiger partial charge in [0.2, 0.25) is 0 Å². The van der Waals surface area contributed by atoms with Crippen LogP contribution in [0.3, 0.4) is 0 Å². The van der Waals surface area contributed by atoms with Crippen LogP contribution >= 0.6 is 22.9 Å². The highest BCUT2D eigenvalue weighted by Gasteiger charge is 2.26. The van der Waals surface area contributed by atoms with Gasteiger partial charge in [-0.2, -0.15) is 0 Å². The predicted octanol–water partition coefficient (Wildman–Crippen LogP) is 5.69. The Morgan fingerprint density at radius 2 is 1.94 bits per heavy atom. The number of hydrogen-bond donors (Lipinski definition) is 0. The quantitative estimate of drug-likeness (QED) is 0.340. The van der Waals surface area contributed by atoms with Gasteiger partial charge in [0, 0.05) is 18.5 Å². The smallest absolute Gasteiger partial charge is 0.295 e. The van der Waals surface area contributed by atoms with Crippen molar-refractivity contribution in [2.75, 3.05) is 38.2 Å². The van der Waals surface area contributed by atoms with E-state index in [1.165, 1.54) is 11.3 Å². The lowest BCUT2D eigenvalue weighted by Crippen LogP contribution is -2.38. The molecule has 0 aliphatic heterocycles. The van der Waals surface area contributed by atoms with E-state index in [4.69, 9.17) is 25.7 Å². The summed E-state index contributed by atoms with van der Waals surface area (Å²) in [5.74, 6) is 0.692. The summed E-state index contributed by atoms with van der Waals surface area (Å²) in [4.78, 5) is 22.2. The van der Waals surface area contributed by atoms with Crippen LogP contribution in [0.5, 0.6) is 5.75 Å². The zero-order valence-electron chi connectivity index (χ0n) is 17.7. The van der Waals surface area contributed by atoms with E-state index in [2.05, 4.69) is 18.7 Å². The maximum absolute atomic E-state index is 13.5. The van der Waals surface area contributed by atoms with Gasteiger partial charge in [0.25, 0.3) is 5.91 Å². The minimum atomic E-state index is -0.225. The fourth-order valence-corrected chi connectivity index (χ4v) is 4.79. The SMILES string of the molecule is CCN(CC)CCN(C(=O)c1cc2ccccc2o1)c1nc2c(OC)ccc(Cl)c2s1. The molecule has 4 rings (SSSR count). The van der Waals surface area contributed by atoms with E-state index in [0.29, 0.717) is 33.5 Å². The predicted molar refractivity (Wildman–Crippen MR) is 127 cm³/mol. The number of likely N-dealkylation sites (N-methyl/N-ethyl adjacent to an activating group) is 1. The van der Waals surface area contributed by atoms with Crippen molar-refractivity contribution in [3.63, 3.8) is 0 Å². The zero-order valence-corrected chi connectivity index (χ0v) is 19.3. The zero-order chi connectivity index (χ0) is 22.0. The lowest BCUT2D eigenvalue weighted by molar-refractivity contribution is 0.0959. The van der Waals surface area contributed by atoms with Gasteiger partial charge < -0.3 is 14.1 Å². The molecule has 0 saturated heterocycles. The molecule has 0 unspecified atom stereocenters. The molecule has 0 spiro atoms. The number of thiazole rings is 1. The van der Waals surface area contributed by atoms with E-state index >= 15 is 0 Å². The van der Waals surface area contributed by atoms with E-state index in [1.807, 2.05) is 24.3 Å². The van der Waals surface area contributed by atoms with Crippen LogP contribution in [0.2, 0.25) is 5.02 Å². The number of aromatic nitrogens is 1. The molecule has 6 nitrogen and oxygen atoms in total. The lowest BCUT2D eigenvalue weighted by Gasteiger charge is -2.24. The van der Waals surface area contributed by atoms with Crippen molar-refractivity contribution in [3.8, 4) is 5.75 Å². The third kappa shape index (κ3) is 4.26. The Labute approximate surface area is 190 Å². The maximum Gasteiger partial charge on any atom is 0.295 e. The average Bonchev–Trinajstić information content (AvgIpc) is 3.42. The van der Waals surface area contributed by atoms with Gasteiger partial charge in [0.15, 0.2) is 10.9 Å². The molecule has 162 valence electrons. The van der Waals surface area contributed by atoms with Crippen LogP contribution in [0, 0.1) is 0 Å². The van der Waals surface area contributed by atoms with Crippen molar-refractivity contribution in [1.29, 1.82) is 0 Å². The lowest BCUT2D eigenvalue weighted by atomic mass is 10.2. The monoisotopic (exact) mass is 457 g/mol. The summed E-state index contributed by atoms with van der Waals surface area (Å²) in [5, 5.41) is 2.04. The summed E-state index contributed by atoms with van der Waals surface area (Å²) < 4.78 is 12.1. The number of furan rings is 1. The van der Waals surface area contributed by atoms with Gasteiger partial charge in [-0.15, -0.1) is 0 Å². The van der Waals surface area contributed by atoms with Crippen LogP contribution in [-0.2, 0) is 0 Å². The molecule has 0 radical (unpaired) electrons. The highest BCUT2D eigenvalue weighted by molar-refractivity contribution is 7.23. The first-order chi connectivity index (χ1) is 15.0. The summed E-state index contributed by atoms with van der Waals surface area (Å²) in [6, 6.07) is 12.9. The molecule has 31 heavy (non-hydrogen) atoms. The highest BCUT2D eigenvalue weighted by atomic mass is 35.5. The number of halogens is 1. The van der Waals surface area contributed by atoms with Crippen LogP contribution in [0.25, 0.3) is 21.2 Å². The largest absolute Gasteiger partial charge is 0.494 e. The topological polar surface area (TPSA) is 58.8 Å². The van der Waals surface area contributed by atoms with Crippen LogP contribution in [0.1, 0.15) is 24.4 Å². The van der Waals surface area contributed by atoms with Gasteiger partial charge in [-0.05, 0) is 37.4 Å². The third-order valence-electron chi connectivity index (χ3n) is 5.31. The molecule has 2 heterocycles. The number of methoxy groups -OCH3 is 1. The first-order valence-electron chi connectivity index (χ1n) is 10.2. The van der Waals surface area contributed by atoms with Gasteiger partial charge in [-0.3, -0.25) is 9.69 Å². The minimum Gasteiger partial charge on any atom is -0.494 e. The van der Waals surface area contributed by atoms with Crippen LogP contribution in [-0.4, -0.2) is 49.1 Å². The third-order valence-corrected chi connectivity index (χ3v) is 6.85. The molecule has 8 heteroatoms. The van der Waals surface area contributed by atoms with Gasteiger partial charge in [-0.25, -0.2) is 4.98 Å². The molecule has 2 aromatic carbocycles. The highest BCUT2D eigenvalue weighted by Crippen LogP contribution is 2.39. The number of carbonyl (C=O) groups excluding carboxylic acids is 1. The minimum absolute atomic E-state index is 0.225. The Morgan fingerprint density at radius 1 is 1.16 bits per heavy atom. The second-order valence-corrected chi connectivity index (χ2v) is 8.44. The normalized spacial score (nSPS) is 11.5. The molecule has 2 aromatic heterocycles. The van der Waals surface area contributed by atoms with Gasteiger partial charge >= 0.3 is 0 Å². The molecule has 1 amide bonds.